The highest BCUT2D eigenvalue weighted by molar-refractivity contribution is 5.99. The molecule has 0 bridgehead atoms. The van der Waals surface area contributed by atoms with Crippen molar-refractivity contribution in [1.29, 1.82) is 0 Å². The minimum Gasteiger partial charge on any atom is -0.437 e. The van der Waals surface area contributed by atoms with Gasteiger partial charge in [-0.3, -0.25) is 9.59 Å². The van der Waals surface area contributed by atoms with Crippen LogP contribution in [0, 0.1) is 0 Å². The SMILES string of the molecule is CCC[C@@H]1CCc2ccccc2CN1C(=O)CN1C(=O)C[C@@]2(CCc3cc(NC(=O)NC)ccc32)OC1=O. The van der Waals surface area contributed by atoms with Crippen LogP contribution in [0.25, 0.3) is 0 Å². The van der Waals surface area contributed by atoms with Gasteiger partial charge in [0, 0.05) is 25.3 Å². The van der Waals surface area contributed by atoms with E-state index >= 15 is 0 Å². The number of aryl methyl sites for hydroxylation is 2. The number of fused-ring (bicyclic) bond motifs is 3. The molecule has 3 aliphatic rings. The summed E-state index contributed by atoms with van der Waals surface area (Å²) in [6.07, 6.45) is 3.87. The minimum absolute atomic E-state index is 0.0114. The predicted octanol–water partition coefficient (Wildman–Crippen LogP) is 4.09. The van der Waals surface area contributed by atoms with Crippen LogP contribution < -0.4 is 10.6 Å². The summed E-state index contributed by atoms with van der Waals surface area (Å²) in [7, 11) is 1.54. The Balaban J connectivity index is 1.31. The highest BCUT2D eigenvalue weighted by atomic mass is 16.6. The number of imide groups is 1. The Morgan fingerprint density at radius 2 is 1.87 bits per heavy atom. The van der Waals surface area contributed by atoms with Gasteiger partial charge in [-0.05, 0) is 66.5 Å². The van der Waals surface area contributed by atoms with Gasteiger partial charge < -0.3 is 20.3 Å². The second kappa shape index (κ2) is 10.5. The van der Waals surface area contributed by atoms with E-state index in [4.69, 9.17) is 4.74 Å². The lowest BCUT2D eigenvalue weighted by atomic mass is 9.90. The highest BCUT2D eigenvalue weighted by Crippen LogP contribution is 2.46. The lowest BCUT2D eigenvalue weighted by Crippen LogP contribution is -2.54. The minimum atomic E-state index is -1.04. The summed E-state index contributed by atoms with van der Waals surface area (Å²) >= 11 is 0. The smallest absolute Gasteiger partial charge is 0.417 e. The van der Waals surface area contributed by atoms with E-state index in [0.717, 1.165) is 47.3 Å². The maximum Gasteiger partial charge on any atom is 0.417 e. The van der Waals surface area contributed by atoms with E-state index in [9.17, 15) is 19.2 Å². The molecule has 9 nitrogen and oxygen atoms in total. The number of benzene rings is 2. The molecule has 0 aromatic heterocycles. The molecule has 0 saturated carbocycles. The Labute approximate surface area is 222 Å². The maximum atomic E-state index is 13.6. The molecule has 0 unspecified atom stereocenters. The molecule has 2 aromatic carbocycles. The zero-order valence-corrected chi connectivity index (χ0v) is 21.9. The fourth-order valence-corrected chi connectivity index (χ4v) is 6.03. The number of nitrogens with one attached hydrogen (secondary N) is 2. The average Bonchev–Trinajstić information content (AvgIpc) is 3.12. The Morgan fingerprint density at radius 1 is 1.08 bits per heavy atom. The van der Waals surface area contributed by atoms with Gasteiger partial charge in [-0.25, -0.2) is 14.5 Å². The van der Waals surface area contributed by atoms with Crippen LogP contribution in [-0.2, 0) is 39.3 Å². The Morgan fingerprint density at radius 3 is 2.61 bits per heavy atom. The van der Waals surface area contributed by atoms with E-state index in [1.807, 2.05) is 29.2 Å². The number of hydrogen-bond donors (Lipinski definition) is 2. The molecule has 2 aliphatic heterocycles. The van der Waals surface area contributed by atoms with Crippen molar-refractivity contribution in [3.8, 4) is 0 Å². The summed E-state index contributed by atoms with van der Waals surface area (Å²) < 4.78 is 5.93. The fourth-order valence-electron chi connectivity index (χ4n) is 6.03. The van der Waals surface area contributed by atoms with Crippen LogP contribution in [0.1, 0.15) is 61.3 Å². The van der Waals surface area contributed by atoms with Crippen molar-refractivity contribution >= 4 is 29.6 Å². The summed E-state index contributed by atoms with van der Waals surface area (Å²) in [6, 6.07) is 13.3. The van der Waals surface area contributed by atoms with Gasteiger partial charge in [0.15, 0.2) is 0 Å². The molecule has 5 amide bonds. The molecule has 1 aliphatic carbocycles. The van der Waals surface area contributed by atoms with Gasteiger partial charge in [-0.1, -0.05) is 43.7 Å². The second-order valence-corrected chi connectivity index (χ2v) is 10.4. The van der Waals surface area contributed by atoms with Crippen molar-refractivity contribution < 1.29 is 23.9 Å². The van der Waals surface area contributed by atoms with Gasteiger partial charge in [0.05, 0.1) is 6.42 Å². The molecule has 5 rings (SSSR count). The second-order valence-electron chi connectivity index (χ2n) is 10.4. The van der Waals surface area contributed by atoms with Crippen LogP contribution in [0.15, 0.2) is 42.5 Å². The largest absolute Gasteiger partial charge is 0.437 e. The molecule has 1 fully saturated rings. The summed E-state index contributed by atoms with van der Waals surface area (Å²) in [6.45, 7) is 2.25. The van der Waals surface area contributed by atoms with Crippen LogP contribution in [0.4, 0.5) is 15.3 Å². The molecule has 1 spiro atoms. The van der Waals surface area contributed by atoms with Crippen molar-refractivity contribution in [3.05, 3.63) is 64.7 Å². The zero-order valence-electron chi connectivity index (χ0n) is 21.9. The Hall–Kier alpha value is -3.88. The first-order valence-corrected chi connectivity index (χ1v) is 13.4. The maximum absolute atomic E-state index is 13.6. The summed E-state index contributed by atoms with van der Waals surface area (Å²) in [5, 5.41) is 5.25. The molecule has 0 radical (unpaired) electrons. The molecular formula is C29H34N4O5. The molecule has 9 heteroatoms. The van der Waals surface area contributed by atoms with Crippen LogP contribution in [0.5, 0.6) is 0 Å². The monoisotopic (exact) mass is 518 g/mol. The van der Waals surface area contributed by atoms with E-state index in [-0.39, 0.29) is 30.9 Å². The lowest BCUT2D eigenvalue weighted by Gasteiger charge is -2.39. The van der Waals surface area contributed by atoms with Gasteiger partial charge in [-0.2, -0.15) is 0 Å². The number of hydrogen-bond acceptors (Lipinski definition) is 5. The number of rotatable bonds is 5. The Kier molecular flexibility index (Phi) is 7.10. The number of anilines is 1. The van der Waals surface area contributed by atoms with E-state index in [1.54, 1.807) is 12.1 Å². The van der Waals surface area contributed by atoms with Gasteiger partial charge in [0.25, 0.3) is 0 Å². The summed E-state index contributed by atoms with van der Waals surface area (Å²) in [5.74, 6) is -0.643. The van der Waals surface area contributed by atoms with Gasteiger partial charge in [0.2, 0.25) is 11.8 Å². The number of carbonyl (C=O) groups excluding carboxylic acids is 4. The quantitative estimate of drug-likeness (QED) is 0.620. The first-order chi connectivity index (χ1) is 18.3. The Bertz CT molecular complexity index is 1260. The number of nitrogens with zero attached hydrogens (tertiary/aromatic N) is 2. The van der Waals surface area contributed by atoms with Crippen molar-refractivity contribution in [2.45, 2.75) is 70.1 Å². The summed E-state index contributed by atoms with van der Waals surface area (Å²) in [4.78, 5) is 54.5. The molecule has 2 N–H and O–H groups in total. The topological polar surface area (TPSA) is 108 Å². The van der Waals surface area contributed by atoms with Gasteiger partial charge >= 0.3 is 12.1 Å². The van der Waals surface area contributed by atoms with E-state index in [0.29, 0.717) is 25.1 Å². The van der Waals surface area contributed by atoms with Crippen molar-refractivity contribution in [3.63, 3.8) is 0 Å². The van der Waals surface area contributed by atoms with E-state index < -0.39 is 17.6 Å². The van der Waals surface area contributed by atoms with Crippen molar-refractivity contribution in [2.24, 2.45) is 0 Å². The summed E-state index contributed by atoms with van der Waals surface area (Å²) in [5.41, 5.74) is 3.64. The van der Waals surface area contributed by atoms with Gasteiger partial charge in [0.1, 0.15) is 12.1 Å². The van der Waals surface area contributed by atoms with Crippen LogP contribution in [-0.4, -0.2) is 53.4 Å². The standard InChI is InChI=1S/C29H34N4O5/c1-3-6-23-11-9-19-7-4-5-8-21(19)17-32(23)26(35)18-33-25(34)16-29(38-28(33)37)14-13-20-15-22(10-12-24(20)29)31-27(36)30-2/h4-5,7-8,10,12,15,23H,3,6,9,11,13-14,16-18H2,1-2H3,(H2,30,31,36)/t23-,29-/m1/s1. The molecular weight excluding hydrogens is 484 g/mol. The lowest BCUT2D eigenvalue weighted by molar-refractivity contribution is -0.151. The fraction of sp³-hybridized carbons (Fsp3) is 0.448. The molecule has 1 saturated heterocycles. The first kappa shape index (κ1) is 25.8. The third kappa shape index (κ3) is 4.85. The number of urea groups is 1. The zero-order chi connectivity index (χ0) is 26.9. The molecule has 2 heterocycles. The molecule has 200 valence electrons. The number of ether oxygens (including phenoxy) is 1. The molecule has 2 aromatic rings. The van der Waals surface area contributed by atoms with Crippen LogP contribution >= 0.6 is 0 Å². The highest BCUT2D eigenvalue weighted by Gasteiger charge is 2.50. The van der Waals surface area contributed by atoms with Crippen LogP contribution in [0.2, 0.25) is 0 Å². The normalized spacial score (nSPS) is 22.4. The molecule has 38 heavy (non-hydrogen) atoms. The molecule has 2 atom stereocenters. The van der Waals surface area contributed by atoms with Crippen LogP contribution in [0.3, 0.4) is 0 Å². The van der Waals surface area contributed by atoms with Crippen molar-refractivity contribution in [1.82, 2.24) is 15.1 Å². The number of carbonyl (C=O) groups is 4. The third-order valence-corrected chi connectivity index (χ3v) is 8.00. The number of amides is 5. The first-order valence-electron chi connectivity index (χ1n) is 13.4. The van der Waals surface area contributed by atoms with Crippen molar-refractivity contribution in [2.75, 3.05) is 18.9 Å². The third-order valence-electron chi connectivity index (χ3n) is 8.00. The van der Waals surface area contributed by atoms with Gasteiger partial charge in [-0.15, -0.1) is 0 Å². The average molecular weight is 519 g/mol. The van der Waals surface area contributed by atoms with E-state index in [1.165, 1.54) is 12.6 Å². The van der Waals surface area contributed by atoms with E-state index in [2.05, 4.69) is 23.6 Å². The predicted molar refractivity (Wildman–Crippen MR) is 141 cm³/mol.